The normalized spacial score (nSPS) is 10.2. The van der Waals surface area contributed by atoms with Crippen LogP contribution in [-0.2, 0) is 11.2 Å². The summed E-state index contributed by atoms with van der Waals surface area (Å²) in [6.45, 7) is 0. The first-order chi connectivity index (χ1) is 8.15. The van der Waals surface area contributed by atoms with Crippen LogP contribution in [0.2, 0.25) is 5.02 Å². The standard InChI is InChI=1S/C12H9ClFNOS/c13-9-1-2-10(14)11(6-9)15-12(16)5-8-3-4-17-7-8/h1-4,6-7H,5H2,(H,15,16). The Hall–Kier alpha value is -1.39. The molecular formula is C12H9ClFNOS. The topological polar surface area (TPSA) is 29.1 Å². The Morgan fingerprint density at radius 3 is 2.94 bits per heavy atom. The van der Waals surface area contributed by atoms with E-state index in [1.807, 2.05) is 16.8 Å². The third kappa shape index (κ3) is 3.28. The summed E-state index contributed by atoms with van der Waals surface area (Å²) in [4.78, 5) is 11.6. The zero-order valence-corrected chi connectivity index (χ0v) is 10.3. The smallest absolute Gasteiger partial charge is 0.228 e. The molecule has 2 aromatic rings. The van der Waals surface area contributed by atoms with E-state index < -0.39 is 5.82 Å². The Balaban J connectivity index is 2.05. The van der Waals surface area contributed by atoms with Gasteiger partial charge >= 0.3 is 0 Å². The first-order valence-corrected chi connectivity index (χ1v) is 6.23. The molecule has 0 atom stereocenters. The lowest BCUT2D eigenvalue weighted by atomic mass is 10.2. The molecule has 1 heterocycles. The van der Waals surface area contributed by atoms with E-state index in [0.717, 1.165) is 5.56 Å². The largest absolute Gasteiger partial charge is 0.323 e. The maximum atomic E-state index is 13.3. The number of hydrogen-bond donors (Lipinski definition) is 1. The van der Waals surface area contributed by atoms with Crippen LogP contribution in [0.25, 0.3) is 0 Å². The molecule has 1 aromatic heterocycles. The minimum absolute atomic E-state index is 0.109. The van der Waals surface area contributed by atoms with Gasteiger partial charge in [-0.05, 0) is 40.6 Å². The van der Waals surface area contributed by atoms with Gasteiger partial charge in [-0.15, -0.1) is 0 Å². The van der Waals surface area contributed by atoms with Gasteiger partial charge in [0.15, 0.2) is 0 Å². The zero-order chi connectivity index (χ0) is 12.3. The predicted molar refractivity (Wildman–Crippen MR) is 68.1 cm³/mol. The molecule has 17 heavy (non-hydrogen) atoms. The zero-order valence-electron chi connectivity index (χ0n) is 8.74. The van der Waals surface area contributed by atoms with Crippen LogP contribution in [0.5, 0.6) is 0 Å². The van der Waals surface area contributed by atoms with Crippen LogP contribution < -0.4 is 5.32 Å². The quantitative estimate of drug-likeness (QED) is 0.904. The summed E-state index contributed by atoms with van der Waals surface area (Å²) in [5.74, 6) is -0.752. The molecule has 0 saturated carbocycles. The van der Waals surface area contributed by atoms with Crippen molar-refractivity contribution >= 4 is 34.5 Å². The summed E-state index contributed by atoms with van der Waals surface area (Å²) < 4.78 is 13.3. The van der Waals surface area contributed by atoms with Crippen LogP contribution in [0.3, 0.4) is 0 Å². The number of halogens is 2. The van der Waals surface area contributed by atoms with Crippen molar-refractivity contribution in [1.82, 2.24) is 0 Å². The van der Waals surface area contributed by atoms with Gasteiger partial charge in [0.1, 0.15) is 5.82 Å². The number of rotatable bonds is 3. The highest BCUT2D eigenvalue weighted by Gasteiger charge is 2.08. The van der Waals surface area contributed by atoms with Gasteiger partial charge in [-0.25, -0.2) is 4.39 Å². The van der Waals surface area contributed by atoms with Crippen molar-refractivity contribution in [3.63, 3.8) is 0 Å². The summed E-state index contributed by atoms with van der Waals surface area (Å²) in [6.07, 6.45) is 0.232. The van der Waals surface area contributed by atoms with Crippen molar-refractivity contribution in [3.05, 3.63) is 51.4 Å². The predicted octanol–water partition coefficient (Wildman–Crippen LogP) is 3.72. The first-order valence-electron chi connectivity index (χ1n) is 4.91. The van der Waals surface area contributed by atoms with Crippen molar-refractivity contribution in [2.75, 3.05) is 5.32 Å². The van der Waals surface area contributed by atoms with Gasteiger partial charge in [0, 0.05) is 5.02 Å². The first kappa shape index (κ1) is 12.1. The summed E-state index contributed by atoms with van der Waals surface area (Å²) in [5, 5.41) is 6.66. The van der Waals surface area contributed by atoms with E-state index in [2.05, 4.69) is 5.32 Å². The van der Waals surface area contributed by atoms with Crippen LogP contribution in [0.4, 0.5) is 10.1 Å². The molecule has 0 bridgehead atoms. The van der Waals surface area contributed by atoms with Gasteiger partial charge in [0.25, 0.3) is 0 Å². The van der Waals surface area contributed by atoms with Gasteiger partial charge in [-0.1, -0.05) is 11.6 Å². The third-order valence-electron chi connectivity index (χ3n) is 2.15. The average molecular weight is 270 g/mol. The molecule has 0 aliphatic rings. The second-order valence-corrected chi connectivity index (χ2v) is 4.70. The van der Waals surface area contributed by atoms with Crippen molar-refractivity contribution in [2.24, 2.45) is 0 Å². The molecule has 0 fully saturated rings. The highest BCUT2D eigenvalue weighted by molar-refractivity contribution is 7.08. The van der Waals surface area contributed by atoms with E-state index in [9.17, 15) is 9.18 Å². The second kappa shape index (κ2) is 5.29. The molecule has 2 nitrogen and oxygen atoms in total. The Morgan fingerprint density at radius 2 is 2.24 bits per heavy atom. The number of benzene rings is 1. The summed E-state index contributed by atoms with van der Waals surface area (Å²) >= 11 is 7.25. The van der Waals surface area contributed by atoms with Gasteiger partial charge < -0.3 is 5.32 Å². The minimum atomic E-state index is -0.493. The van der Waals surface area contributed by atoms with Gasteiger partial charge in [-0.3, -0.25) is 4.79 Å². The molecule has 0 unspecified atom stereocenters. The van der Waals surface area contributed by atoms with Crippen molar-refractivity contribution < 1.29 is 9.18 Å². The van der Waals surface area contributed by atoms with Crippen molar-refractivity contribution in [3.8, 4) is 0 Å². The molecule has 0 saturated heterocycles. The fraction of sp³-hybridized carbons (Fsp3) is 0.0833. The van der Waals surface area contributed by atoms with Crippen molar-refractivity contribution in [1.29, 1.82) is 0 Å². The third-order valence-corrected chi connectivity index (χ3v) is 3.11. The second-order valence-electron chi connectivity index (χ2n) is 3.48. The molecule has 88 valence electrons. The number of hydrogen-bond acceptors (Lipinski definition) is 2. The maximum absolute atomic E-state index is 13.3. The summed E-state index contributed by atoms with van der Waals surface area (Å²) in [6, 6.07) is 5.91. The van der Waals surface area contributed by atoms with E-state index in [1.54, 1.807) is 0 Å². The Bertz CT molecular complexity index is 527. The highest BCUT2D eigenvalue weighted by atomic mass is 35.5. The van der Waals surface area contributed by atoms with Crippen LogP contribution in [0.15, 0.2) is 35.0 Å². The van der Waals surface area contributed by atoms with Gasteiger partial charge in [0.2, 0.25) is 5.91 Å². The fourth-order valence-corrected chi connectivity index (χ4v) is 2.21. The average Bonchev–Trinajstić information content (AvgIpc) is 2.76. The number of nitrogens with one attached hydrogen (secondary N) is 1. The molecular weight excluding hydrogens is 261 g/mol. The van der Waals surface area contributed by atoms with Crippen LogP contribution in [0, 0.1) is 5.82 Å². The van der Waals surface area contributed by atoms with E-state index in [-0.39, 0.29) is 18.0 Å². The lowest BCUT2D eigenvalue weighted by molar-refractivity contribution is -0.115. The molecule has 5 heteroatoms. The maximum Gasteiger partial charge on any atom is 0.228 e. The Kier molecular flexibility index (Phi) is 3.76. The van der Waals surface area contributed by atoms with E-state index >= 15 is 0 Å². The summed E-state index contributed by atoms with van der Waals surface area (Å²) in [7, 11) is 0. The monoisotopic (exact) mass is 269 g/mol. The molecule has 1 amide bonds. The molecule has 0 aliphatic heterocycles. The Morgan fingerprint density at radius 1 is 1.41 bits per heavy atom. The number of carbonyl (C=O) groups is 1. The van der Waals surface area contributed by atoms with Gasteiger partial charge in [-0.2, -0.15) is 11.3 Å². The van der Waals surface area contributed by atoms with E-state index in [1.165, 1.54) is 29.5 Å². The molecule has 0 spiro atoms. The van der Waals surface area contributed by atoms with E-state index in [0.29, 0.717) is 5.02 Å². The number of amides is 1. The van der Waals surface area contributed by atoms with E-state index in [4.69, 9.17) is 11.6 Å². The SMILES string of the molecule is O=C(Cc1ccsc1)Nc1cc(Cl)ccc1F. The highest BCUT2D eigenvalue weighted by Crippen LogP contribution is 2.19. The number of carbonyl (C=O) groups excluding carboxylic acids is 1. The molecule has 0 radical (unpaired) electrons. The lowest BCUT2D eigenvalue weighted by Gasteiger charge is -2.06. The molecule has 0 aliphatic carbocycles. The molecule has 1 N–H and O–H groups in total. The summed E-state index contributed by atoms with van der Waals surface area (Å²) in [5.41, 5.74) is 1.02. The van der Waals surface area contributed by atoms with Gasteiger partial charge in [0.05, 0.1) is 12.1 Å². The van der Waals surface area contributed by atoms with Crippen LogP contribution in [-0.4, -0.2) is 5.91 Å². The molecule has 1 aromatic carbocycles. The minimum Gasteiger partial charge on any atom is -0.323 e. The lowest BCUT2D eigenvalue weighted by Crippen LogP contribution is -2.14. The number of thiophene rings is 1. The van der Waals surface area contributed by atoms with Crippen molar-refractivity contribution in [2.45, 2.75) is 6.42 Å². The van der Waals surface area contributed by atoms with Crippen LogP contribution in [0.1, 0.15) is 5.56 Å². The number of anilines is 1. The fourth-order valence-electron chi connectivity index (χ4n) is 1.37. The van der Waals surface area contributed by atoms with Crippen LogP contribution >= 0.6 is 22.9 Å². The molecule has 2 rings (SSSR count). The Labute approximate surface area is 107 Å².